The number of hydrogen-bond donors (Lipinski definition) is 0. The van der Waals surface area contributed by atoms with Crippen LogP contribution in [0.5, 0.6) is 0 Å². The first kappa shape index (κ1) is 14.1. The number of anilines is 1. The van der Waals surface area contributed by atoms with Crippen molar-refractivity contribution >= 4 is 25.0 Å². The van der Waals surface area contributed by atoms with Crippen LogP contribution in [0.15, 0.2) is 24.3 Å². The molecule has 0 spiro atoms. The second-order valence-electron chi connectivity index (χ2n) is 6.78. The van der Waals surface area contributed by atoms with Crippen LogP contribution in [0.4, 0.5) is 10.5 Å². The summed E-state index contributed by atoms with van der Waals surface area (Å²) in [5.41, 5.74) is 0.593. The Hall–Kier alpha value is -1.29. The van der Waals surface area contributed by atoms with E-state index in [2.05, 4.69) is 25.2 Å². The summed E-state index contributed by atoms with van der Waals surface area (Å²) in [6.45, 7) is 11.2. The molecule has 0 fully saturated rings. The van der Waals surface area contributed by atoms with Gasteiger partial charge in [0.05, 0.1) is 8.07 Å². The van der Waals surface area contributed by atoms with Gasteiger partial charge < -0.3 is 4.74 Å². The Balaban J connectivity index is 2.33. The molecule has 1 aromatic carbocycles. The number of nitrogens with zero attached hydrogens (tertiary/aromatic N) is 1. The normalized spacial score (nSPS) is 17.8. The number of rotatable bonds is 0. The van der Waals surface area contributed by atoms with Crippen LogP contribution < -0.4 is 10.1 Å². The highest BCUT2D eigenvalue weighted by Crippen LogP contribution is 2.27. The van der Waals surface area contributed by atoms with Crippen molar-refractivity contribution in [3.63, 3.8) is 0 Å². The first-order valence-electron chi connectivity index (χ1n) is 6.81. The zero-order chi connectivity index (χ0) is 14.3. The maximum absolute atomic E-state index is 12.3. The molecule has 19 heavy (non-hydrogen) atoms. The van der Waals surface area contributed by atoms with Gasteiger partial charge in [-0.05, 0) is 38.1 Å². The molecule has 1 aromatic rings. The van der Waals surface area contributed by atoms with Crippen LogP contribution in [0, 0.1) is 0 Å². The van der Waals surface area contributed by atoms with Gasteiger partial charge in [-0.3, -0.25) is 4.90 Å². The molecule has 0 atom stereocenters. The molecule has 0 aliphatic carbocycles. The molecule has 0 N–H and O–H groups in total. The van der Waals surface area contributed by atoms with E-state index in [1.165, 1.54) is 5.19 Å². The van der Waals surface area contributed by atoms with Crippen molar-refractivity contribution in [3.05, 3.63) is 24.3 Å². The van der Waals surface area contributed by atoms with E-state index in [1.807, 2.05) is 32.9 Å². The first-order chi connectivity index (χ1) is 8.71. The molecule has 0 unspecified atom stereocenters. The molecule has 104 valence electrons. The van der Waals surface area contributed by atoms with Crippen LogP contribution in [0.1, 0.15) is 20.8 Å². The molecule has 4 heteroatoms. The standard InChI is InChI=1S/C15H23NO2Si/c1-15(2,3)18-14(17)16-10-11-19(4,5)13-9-7-6-8-12(13)16/h6-9H,10-11H2,1-5H3. The van der Waals surface area contributed by atoms with Gasteiger partial charge in [-0.15, -0.1) is 0 Å². The van der Waals surface area contributed by atoms with Gasteiger partial charge in [-0.25, -0.2) is 4.79 Å². The van der Waals surface area contributed by atoms with E-state index in [0.717, 1.165) is 18.3 Å². The molecule has 1 aliphatic rings. The van der Waals surface area contributed by atoms with Crippen molar-refractivity contribution in [3.8, 4) is 0 Å². The second-order valence-corrected chi connectivity index (χ2v) is 11.6. The molecule has 1 aliphatic heterocycles. The van der Waals surface area contributed by atoms with Crippen LogP contribution in [-0.4, -0.2) is 26.3 Å². The monoisotopic (exact) mass is 277 g/mol. The first-order valence-corrected chi connectivity index (χ1v) is 10.0. The van der Waals surface area contributed by atoms with Crippen molar-refractivity contribution in [2.24, 2.45) is 0 Å². The minimum absolute atomic E-state index is 0.232. The molecular formula is C15H23NO2Si. The molecule has 2 rings (SSSR count). The van der Waals surface area contributed by atoms with Crippen LogP contribution in [0.2, 0.25) is 19.1 Å². The summed E-state index contributed by atoms with van der Waals surface area (Å²) in [5, 5.41) is 1.35. The zero-order valence-corrected chi connectivity index (χ0v) is 13.5. The lowest BCUT2D eigenvalue weighted by atomic mass is 10.2. The fourth-order valence-corrected chi connectivity index (χ4v) is 4.95. The number of para-hydroxylation sites is 1. The van der Waals surface area contributed by atoms with E-state index < -0.39 is 13.7 Å². The van der Waals surface area contributed by atoms with Gasteiger partial charge in [0.15, 0.2) is 0 Å². The lowest BCUT2D eigenvalue weighted by Crippen LogP contribution is -2.54. The highest BCUT2D eigenvalue weighted by molar-refractivity contribution is 6.91. The summed E-state index contributed by atoms with van der Waals surface area (Å²) < 4.78 is 5.50. The zero-order valence-electron chi connectivity index (χ0n) is 12.5. The van der Waals surface area contributed by atoms with Crippen LogP contribution >= 0.6 is 0 Å². The highest BCUT2D eigenvalue weighted by Gasteiger charge is 2.36. The maximum atomic E-state index is 12.3. The average Bonchev–Trinajstić information content (AvgIpc) is 2.26. The Labute approximate surface area is 116 Å². The minimum Gasteiger partial charge on any atom is -0.443 e. The van der Waals surface area contributed by atoms with Crippen LogP contribution in [0.25, 0.3) is 0 Å². The quantitative estimate of drug-likeness (QED) is 0.681. The van der Waals surface area contributed by atoms with Gasteiger partial charge in [0.1, 0.15) is 5.60 Å². The van der Waals surface area contributed by atoms with E-state index in [9.17, 15) is 4.79 Å². The number of carbonyl (C=O) groups is 1. The van der Waals surface area contributed by atoms with E-state index >= 15 is 0 Å². The number of fused-ring (bicyclic) bond motifs is 1. The van der Waals surface area contributed by atoms with E-state index in [4.69, 9.17) is 4.74 Å². The Morgan fingerprint density at radius 2 is 1.89 bits per heavy atom. The topological polar surface area (TPSA) is 29.5 Å². The van der Waals surface area contributed by atoms with E-state index in [-0.39, 0.29) is 6.09 Å². The molecule has 1 heterocycles. The van der Waals surface area contributed by atoms with Crippen molar-refractivity contribution in [1.82, 2.24) is 0 Å². The lowest BCUT2D eigenvalue weighted by molar-refractivity contribution is 0.0582. The summed E-state index contributed by atoms with van der Waals surface area (Å²) in [7, 11) is -1.41. The maximum Gasteiger partial charge on any atom is 0.414 e. The van der Waals surface area contributed by atoms with Crippen LogP contribution in [0.3, 0.4) is 0 Å². The number of amides is 1. The molecule has 0 radical (unpaired) electrons. The molecule has 0 aromatic heterocycles. The third kappa shape index (κ3) is 3.00. The second kappa shape index (κ2) is 4.67. The third-order valence-electron chi connectivity index (χ3n) is 3.50. The lowest BCUT2D eigenvalue weighted by Gasteiger charge is -2.38. The van der Waals surface area contributed by atoms with Crippen LogP contribution in [-0.2, 0) is 4.74 Å². The van der Waals surface area contributed by atoms with Gasteiger partial charge >= 0.3 is 6.09 Å². The largest absolute Gasteiger partial charge is 0.443 e. The van der Waals surface area contributed by atoms with Crippen molar-refractivity contribution in [2.75, 3.05) is 11.4 Å². The Bertz CT molecular complexity index is 491. The predicted molar refractivity (Wildman–Crippen MR) is 81.9 cm³/mol. The fourth-order valence-electron chi connectivity index (χ4n) is 2.43. The number of carbonyl (C=O) groups excluding carboxylic acids is 1. The highest BCUT2D eigenvalue weighted by atomic mass is 28.3. The summed E-state index contributed by atoms with van der Waals surface area (Å²) in [6.07, 6.45) is -0.232. The van der Waals surface area contributed by atoms with Gasteiger partial charge in [0.25, 0.3) is 0 Å². The number of hydrogen-bond acceptors (Lipinski definition) is 2. The summed E-state index contributed by atoms with van der Waals surface area (Å²) in [4.78, 5) is 14.1. The molecular weight excluding hydrogens is 254 g/mol. The van der Waals surface area contributed by atoms with E-state index in [1.54, 1.807) is 4.90 Å². The fraction of sp³-hybridized carbons (Fsp3) is 0.533. The summed E-state index contributed by atoms with van der Waals surface area (Å²) >= 11 is 0. The third-order valence-corrected chi connectivity index (χ3v) is 6.85. The minimum atomic E-state index is -1.41. The summed E-state index contributed by atoms with van der Waals surface area (Å²) in [6, 6.07) is 9.34. The smallest absolute Gasteiger partial charge is 0.414 e. The Kier molecular flexibility index (Phi) is 3.47. The van der Waals surface area contributed by atoms with Gasteiger partial charge in [0.2, 0.25) is 0 Å². The summed E-state index contributed by atoms with van der Waals surface area (Å²) in [5.74, 6) is 0. The van der Waals surface area contributed by atoms with Gasteiger partial charge in [0, 0.05) is 12.2 Å². The molecule has 0 bridgehead atoms. The molecule has 0 saturated carbocycles. The van der Waals surface area contributed by atoms with Gasteiger partial charge in [-0.1, -0.05) is 31.3 Å². The molecule has 3 nitrogen and oxygen atoms in total. The number of benzene rings is 1. The molecule has 1 amide bonds. The van der Waals surface area contributed by atoms with Crippen molar-refractivity contribution in [1.29, 1.82) is 0 Å². The molecule has 0 saturated heterocycles. The van der Waals surface area contributed by atoms with Gasteiger partial charge in [-0.2, -0.15) is 0 Å². The predicted octanol–water partition coefficient (Wildman–Crippen LogP) is 3.36. The average molecular weight is 277 g/mol. The Morgan fingerprint density at radius 3 is 2.53 bits per heavy atom. The SMILES string of the molecule is CC(C)(C)OC(=O)N1CC[Si](C)(C)c2ccccc21. The van der Waals surface area contributed by atoms with E-state index in [0.29, 0.717) is 0 Å². The Morgan fingerprint density at radius 1 is 1.26 bits per heavy atom. The number of ether oxygens (including phenoxy) is 1. The van der Waals surface area contributed by atoms with Crippen molar-refractivity contribution < 1.29 is 9.53 Å². The van der Waals surface area contributed by atoms with Crippen molar-refractivity contribution in [2.45, 2.75) is 45.5 Å².